The van der Waals surface area contributed by atoms with Crippen LogP contribution in [0.15, 0.2) is 33.6 Å². The lowest BCUT2D eigenvalue weighted by Crippen LogP contribution is -2.04. The van der Waals surface area contributed by atoms with E-state index in [9.17, 15) is 0 Å². The van der Waals surface area contributed by atoms with Gasteiger partial charge in [-0.25, -0.2) is 0 Å². The normalized spacial score (nSPS) is 11.7. The van der Waals surface area contributed by atoms with Gasteiger partial charge in [-0.1, -0.05) is 58.3 Å². The summed E-state index contributed by atoms with van der Waals surface area (Å²) < 4.78 is 1.45. The van der Waals surface area contributed by atoms with E-state index in [1.165, 1.54) is 4.90 Å². The fourth-order valence-corrected chi connectivity index (χ4v) is 2.89. The predicted octanol–water partition coefficient (Wildman–Crippen LogP) is 4.99. The zero-order valence-corrected chi connectivity index (χ0v) is 11.2. The Labute approximate surface area is 96.4 Å². The molecule has 0 N–H and O–H groups in total. The first-order valence-corrected chi connectivity index (χ1v) is 7.03. The lowest BCUT2D eigenvalue weighted by atomic mass is 10.3. The standard InChI is InChI=1S/C10H13BrS2/c1-10(2,3)13-12-9-6-4-8(11)5-7-9/h4-7H,1-3H3. The summed E-state index contributed by atoms with van der Waals surface area (Å²) in [4.78, 5) is 1.31. The Kier molecular flexibility index (Phi) is 4.20. The highest BCUT2D eigenvalue weighted by molar-refractivity contribution is 9.10. The molecule has 0 spiro atoms. The first-order valence-electron chi connectivity index (χ1n) is 4.09. The molecule has 0 fully saturated rings. The Morgan fingerprint density at radius 1 is 1.08 bits per heavy atom. The third-order valence-electron chi connectivity index (χ3n) is 1.20. The zero-order valence-electron chi connectivity index (χ0n) is 8.00. The van der Waals surface area contributed by atoms with Gasteiger partial charge in [0.2, 0.25) is 0 Å². The van der Waals surface area contributed by atoms with Crippen LogP contribution >= 0.6 is 37.5 Å². The van der Waals surface area contributed by atoms with E-state index in [1.807, 2.05) is 21.6 Å². The minimum Gasteiger partial charge on any atom is -0.0830 e. The predicted molar refractivity (Wildman–Crippen MR) is 67.3 cm³/mol. The fourth-order valence-electron chi connectivity index (χ4n) is 0.663. The van der Waals surface area contributed by atoms with E-state index in [2.05, 4.69) is 61.0 Å². The van der Waals surface area contributed by atoms with Crippen molar-refractivity contribution in [1.82, 2.24) is 0 Å². The second kappa shape index (κ2) is 4.76. The fraction of sp³-hybridized carbons (Fsp3) is 0.400. The first kappa shape index (κ1) is 11.5. The van der Waals surface area contributed by atoms with Gasteiger partial charge >= 0.3 is 0 Å². The maximum Gasteiger partial charge on any atom is 0.0183 e. The number of benzene rings is 1. The zero-order chi connectivity index (χ0) is 9.90. The molecule has 0 nitrogen and oxygen atoms in total. The van der Waals surface area contributed by atoms with Gasteiger partial charge in [-0.2, -0.15) is 0 Å². The molecule has 0 amide bonds. The van der Waals surface area contributed by atoms with Crippen LogP contribution in [-0.2, 0) is 0 Å². The summed E-state index contributed by atoms with van der Waals surface area (Å²) in [5, 5.41) is 0. The lowest BCUT2D eigenvalue weighted by Gasteiger charge is -2.15. The van der Waals surface area contributed by atoms with Crippen molar-refractivity contribution in [1.29, 1.82) is 0 Å². The van der Waals surface area contributed by atoms with Crippen LogP contribution in [0.5, 0.6) is 0 Å². The summed E-state index contributed by atoms with van der Waals surface area (Å²) >= 11 is 3.42. The smallest absolute Gasteiger partial charge is 0.0183 e. The molecular formula is C10H13BrS2. The topological polar surface area (TPSA) is 0 Å². The van der Waals surface area contributed by atoms with Crippen LogP contribution in [0.4, 0.5) is 0 Å². The largest absolute Gasteiger partial charge is 0.0830 e. The molecule has 0 atom stereocenters. The van der Waals surface area contributed by atoms with Crippen LogP contribution < -0.4 is 0 Å². The van der Waals surface area contributed by atoms with Gasteiger partial charge in [0.1, 0.15) is 0 Å². The van der Waals surface area contributed by atoms with Crippen molar-refractivity contribution in [3.05, 3.63) is 28.7 Å². The second-order valence-electron chi connectivity index (χ2n) is 3.73. The van der Waals surface area contributed by atoms with Gasteiger partial charge in [0.25, 0.3) is 0 Å². The summed E-state index contributed by atoms with van der Waals surface area (Å²) in [5.74, 6) is 0. The van der Waals surface area contributed by atoms with E-state index in [0.717, 1.165) is 4.47 Å². The summed E-state index contributed by atoms with van der Waals surface area (Å²) in [6.45, 7) is 6.68. The molecule has 1 aromatic carbocycles. The Hall–Kier alpha value is 0.400. The summed E-state index contributed by atoms with van der Waals surface area (Å²) in [6, 6.07) is 8.41. The lowest BCUT2D eigenvalue weighted by molar-refractivity contribution is 0.810. The minimum atomic E-state index is 0.317. The highest BCUT2D eigenvalue weighted by Gasteiger charge is 2.11. The molecule has 0 saturated heterocycles. The first-order chi connectivity index (χ1) is 5.97. The molecule has 1 aromatic rings. The van der Waals surface area contributed by atoms with E-state index in [4.69, 9.17) is 0 Å². The van der Waals surface area contributed by atoms with Crippen molar-refractivity contribution in [2.24, 2.45) is 0 Å². The Morgan fingerprint density at radius 3 is 2.08 bits per heavy atom. The molecule has 0 aliphatic heterocycles. The highest BCUT2D eigenvalue weighted by Crippen LogP contribution is 2.40. The Bertz CT molecular complexity index is 261. The molecule has 0 radical (unpaired) electrons. The van der Waals surface area contributed by atoms with E-state index < -0.39 is 0 Å². The van der Waals surface area contributed by atoms with Gasteiger partial charge in [-0.3, -0.25) is 0 Å². The van der Waals surface area contributed by atoms with Gasteiger partial charge in [0.15, 0.2) is 0 Å². The molecular weight excluding hydrogens is 264 g/mol. The molecule has 0 saturated carbocycles. The maximum absolute atomic E-state index is 3.42. The van der Waals surface area contributed by atoms with Gasteiger partial charge < -0.3 is 0 Å². The van der Waals surface area contributed by atoms with Crippen LogP contribution in [0.3, 0.4) is 0 Å². The van der Waals surface area contributed by atoms with Gasteiger partial charge in [-0.15, -0.1) is 0 Å². The number of hydrogen-bond acceptors (Lipinski definition) is 2. The van der Waals surface area contributed by atoms with Crippen molar-refractivity contribution < 1.29 is 0 Å². The maximum atomic E-state index is 3.42. The van der Waals surface area contributed by atoms with Crippen molar-refractivity contribution in [3.8, 4) is 0 Å². The SMILES string of the molecule is CC(C)(C)SSc1ccc(Br)cc1. The molecule has 1 rings (SSSR count). The van der Waals surface area contributed by atoms with E-state index >= 15 is 0 Å². The molecule has 3 heteroatoms. The van der Waals surface area contributed by atoms with Crippen LogP contribution in [0.2, 0.25) is 0 Å². The monoisotopic (exact) mass is 276 g/mol. The molecule has 0 unspecified atom stereocenters. The van der Waals surface area contributed by atoms with Gasteiger partial charge in [0.05, 0.1) is 0 Å². The van der Waals surface area contributed by atoms with E-state index in [0.29, 0.717) is 4.75 Å². The number of rotatable bonds is 2. The van der Waals surface area contributed by atoms with Crippen LogP contribution in [0.1, 0.15) is 20.8 Å². The van der Waals surface area contributed by atoms with Crippen LogP contribution in [0.25, 0.3) is 0 Å². The highest BCUT2D eigenvalue weighted by atomic mass is 79.9. The molecule has 0 heterocycles. The molecule has 13 heavy (non-hydrogen) atoms. The van der Waals surface area contributed by atoms with Gasteiger partial charge in [-0.05, 0) is 24.3 Å². The van der Waals surface area contributed by atoms with E-state index in [1.54, 1.807) is 0 Å². The molecule has 72 valence electrons. The summed E-state index contributed by atoms with van der Waals surface area (Å²) in [6.07, 6.45) is 0. The Balaban J connectivity index is 2.51. The summed E-state index contributed by atoms with van der Waals surface area (Å²) in [5.41, 5.74) is 0. The van der Waals surface area contributed by atoms with Crippen LogP contribution in [0, 0.1) is 0 Å². The number of halogens is 1. The minimum absolute atomic E-state index is 0.317. The van der Waals surface area contributed by atoms with Crippen molar-refractivity contribution in [2.75, 3.05) is 0 Å². The quantitative estimate of drug-likeness (QED) is 0.699. The average molecular weight is 277 g/mol. The third-order valence-corrected chi connectivity index (χ3v) is 5.11. The van der Waals surface area contributed by atoms with Crippen molar-refractivity contribution >= 4 is 37.5 Å². The van der Waals surface area contributed by atoms with Crippen molar-refractivity contribution in [3.63, 3.8) is 0 Å². The van der Waals surface area contributed by atoms with Crippen LogP contribution in [-0.4, -0.2) is 4.75 Å². The van der Waals surface area contributed by atoms with Gasteiger partial charge in [0, 0.05) is 14.1 Å². The molecule has 0 aliphatic rings. The Morgan fingerprint density at radius 2 is 1.62 bits per heavy atom. The third kappa shape index (κ3) is 4.99. The second-order valence-corrected chi connectivity index (χ2v) is 7.68. The number of hydrogen-bond donors (Lipinski definition) is 0. The molecule has 0 aromatic heterocycles. The van der Waals surface area contributed by atoms with Crippen molar-refractivity contribution in [2.45, 2.75) is 30.4 Å². The van der Waals surface area contributed by atoms with E-state index in [-0.39, 0.29) is 0 Å². The molecule has 0 aliphatic carbocycles. The summed E-state index contributed by atoms with van der Waals surface area (Å²) in [7, 11) is 3.73. The molecule has 0 bridgehead atoms. The average Bonchev–Trinajstić information content (AvgIpc) is 2.02.